The predicted octanol–water partition coefficient (Wildman–Crippen LogP) is 4.86. The van der Waals surface area contributed by atoms with Crippen LogP contribution in [0.4, 0.5) is 0 Å². The predicted molar refractivity (Wildman–Crippen MR) is 123 cm³/mol. The number of carbonyl (C=O) groups is 2. The van der Waals surface area contributed by atoms with E-state index in [0.29, 0.717) is 24.0 Å². The van der Waals surface area contributed by atoms with Crippen LogP contribution in [0.5, 0.6) is 11.5 Å². The van der Waals surface area contributed by atoms with Gasteiger partial charge in [-0.25, -0.2) is 0 Å². The Morgan fingerprint density at radius 1 is 1.06 bits per heavy atom. The minimum Gasteiger partial charge on any atom is -0.493 e. The lowest BCUT2D eigenvalue weighted by atomic mass is 10.1. The van der Waals surface area contributed by atoms with Crippen LogP contribution in [-0.4, -0.2) is 31.6 Å². The molecular weight excluding hydrogens is 439 g/mol. The molecule has 0 aliphatic rings. The van der Waals surface area contributed by atoms with Gasteiger partial charge < -0.3 is 20.1 Å². The average molecular weight is 467 g/mol. The second-order valence-corrected chi connectivity index (χ2v) is 8.32. The summed E-state index contributed by atoms with van der Waals surface area (Å²) in [5.74, 6) is 1.02. The maximum absolute atomic E-state index is 12.4. The summed E-state index contributed by atoms with van der Waals surface area (Å²) in [6.07, 6.45) is 0.949. The molecule has 0 aliphatic heterocycles. The summed E-state index contributed by atoms with van der Waals surface area (Å²) in [6.45, 7) is 6.76. The fourth-order valence-corrected chi connectivity index (χ4v) is 3.09. The van der Waals surface area contributed by atoms with E-state index in [1.54, 1.807) is 32.2 Å². The highest BCUT2D eigenvalue weighted by Crippen LogP contribution is 2.28. The third kappa shape index (κ3) is 7.33. The molecule has 8 heteroatoms. The van der Waals surface area contributed by atoms with E-state index in [-0.39, 0.29) is 28.1 Å². The van der Waals surface area contributed by atoms with Gasteiger partial charge in [-0.05, 0) is 49.1 Å². The van der Waals surface area contributed by atoms with Crippen molar-refractivity contribution >= 4 is 35.0 Å². The zero-order valence-corrected chi connectivity index (χ0v) is 19.6. The first kappa shape index (κ1) is 24.8. The Bertz CT molecular complexity index is 918. The first-order valence-corrected chi connectivity index (χ1v) is 10.8. The lowest BCUT2D eigenvalue weighted by Gasteiger charge is -2.16. The fourth-order valence-electron chi connectivity index (χ4n) is 2.71. The first-order chi connectivity index (χ1) is 14.7. The van der Waals surface area contributed by atoms with Crippen molar-refractivity contribution in [2.75, 3.05) is 13.7 Å². The Kier molecular flexibility index (Phi) is 9.46. The zero-order valence-electron chi connectivity index (χ0n) is 18.1. The van der Waals surface area contributed by atoms with Gasteiger partial charge in [0.15, 0.2) is 11.5 Å². The van der Waals surface area contributed by atoms with Crippen molar-refractivity contribution in [3.8, 4) is 11.5 Å². The van der Waals surface area contributed by atoms with E-state index in [9.17, 15) is 9.59 Å². The number of rotatable bonds is 10. The molecule has 0 bridgehead atoms. The van der Waals surface area contributed by atoms with Gasteiger partial charge >= 0.3 is 0 Å². The molecule has 0 aromatic heterocycles. The fraction of sp³-hybridized carbons (Fsp3) is 0.391. The molecule has 0 spiro atoms. The largest absolute Gasteiger partial charge is 0.493 e. The van der Waals surface area contributed by atoms with Crippen molar-refractivity contribution < 1.29 is 19.1 Å². The van der Waals surface area contributed by atoms with Crippen LogP contribution in [0.3, 0.4) is 0 Å². The van der Waals surface area contributed by atoms with Crippen molar-refractivity contribution in [1.82, 2.24) is 10.6 Å². The van der Waals surface area contributed by atoms with E-state index in [1.807, 2.05) is 18.2 Å². The average Bonchev–Trinajstić information content (AvgIpc) is 2.74. The quantitative estimate of drug-likeness (QED) is 0.523. The van der Waals surface area contributed by atoms with Gasteiger partial charge in [-0.15, -0.1) is 0 Å². The third-order valence-corrected chi connectivity index (χ3v) is 5.40. The molecule has 1 atom stereocenters. The minimum absolute atomic E-state index is 0.150. The lowest BCUT2D eigenvalue weighted by Crippen LogP contribution is -2.44. The maximum atomic E-state index is 12.4. The molecule has 6 nitrogen and oxygen atoms in total. The van der Waals surface area contributed by atoms with Crippen molar-refractivity contribution in [3.05, 3.63) is 57.6 Å². The molecule has 2 N–H and O–H groups in total. The molecule has 1 unspecified atom stereocenters. The summed E-state index contributed by atoms with van der Waals surface area (Å²) in [5.41, 5.74) is 1.06. The Morgan fingerprint density at radius 3 is 2.48 bits per heavy atom. The van der Waals surface area contributed by atoms with Crippen molar-refractivity contribution in [2.45, 2.75) is 39.8 Å². The lowest BCUT2D eigenvalue weighted by molar-refractivity contribution is -0.122. The van der Waals surface area contributed by atoms with Crippen molar-refractivity contribution in [3.63, 3.8) is 0 Å². The Balaban J connectivity index is 1.92. The highest BCUT2D eigenvalue weighted by Gasteiger charge is 2.19. The molecule has 0 heterocycles. The highest BCUT2D eigenvalue weighted by molar-refractivity contribution is 6.43. The third-order valence-electron chi connectivity index (χ3n) is 4.58. The smallest absolute Gasteiger partial charge is 0.253 e. The number of hydrogen-bond donors (Lipinski definition) is 2. The maximum Gasteiger partial charge on any atom is 0.253 e. The summed E-state index contributed by atoms with van der Waals surface area (Å²) >= 11 is 12.0. The molecular formula is C23H28Cl2N2O4. The molecule has 2 amide bonds. The molecule has 31 heavy (non-hydrogen) atoms. The van der Waals surface area contributed by atoms with E-state index in [4.69, 9.17) is 32.7 Å². The number of benzene rings is 2. The van der Waals surface area contributed by atoms with Crippen LogP contribution in [0.1, 0.15) is 43.1 Å². The minimum atomic E-state index is -0.761. The number of methoxy groups -OCH3 is 1. The SMILES string of the molecule is COc1cc(CNC(=O)C(C)NC(=O)c2cccc(Cl)c2Cl)ccc1OCCC(C)C. The molecule has 0 saturated carbocycles. The number of halogens is 2. The van der Waals surface area contributed by atoms with E-state index in [2.05, 4.69) is 24.5 Å². The van der Waals surface area contributed by atoms with Gasteiger partial charge in [0.1, 0.15) is 6.04 Å². The van der Waals surface area contributed by atoms with E-state index < -0.39 is 11.9 Å². The van der Waals surface area contributed by atoms with E-state index >= 15 is 0 Å². The van der Waals surface area contributed by atoms with Crippen LogP contribution >= 0.6 is 23.2 Å². The van der Waals surface area contributed by atoms with Gasteiger partial charge in [-0.1, -0.05) is 49.2 Å². The van der Waals surface area contributed by atoms with Gasteiger partial charge in [-0.3, -0.25) is 9.59 Å². The number of carbonyl (C=O) groups excluding carboxylic acids is 2. The van der Waals surface area contributed by atoms with Crippen molar-refractivity contribution in [1.29, 1.82) is 0 Å². The molecule has 0 aliphatic carbocycles. The normalized spacial score (nSPS) is 11.7. The van der Waals surface area contributed by atoms with Crippen molar-refractivity contribution in [2.24, 2.45) is 5.92 Å². The van der Waals surface area contributed by atoms with Crippen LogP contribution in [0, 0.1) is 5.92 Å². The monoisotopic (exact) mass is 466 g/mol. The molecule has 2 rings (SSSR count). The second-order valence-electron chi connectivity index (χ2n) is 7.53. The second kappa shape index (κ2) is 11.8. The Labute approximate surface area is 193 Å². The van der Waals surface area contributed by atoms with Gasteiger partial charge in [0.2, 0.25) is 5.91 Å². The summed E-state index contributed by atoms with van der Waals surface area (Å²) < 4.78 is 11.2. The van der Waals surface area contributed by atoms with Crippen LogP contribution in [0.25, 0.3) is 0 Å². The van der Waals surface area contributed by atoms with Crippen LogP contribution in [-0.2, 0) is 11.3 Å². The molecule has 2 aromatic carbocycles. The molecule has 0 radical (unpaired) electrons. The summed E-state index contributed by atoms with van der Waals surface area (Å²) in [4.78, 5) is 24.8. The first-order valence-electron chi connectivity index (χ1n) is 10.0. The van der Waals surface area contributed by atoms with Gasteiger partial charge in [-0.2, -0.15) is 0 Å². The Morgan fingerprint density at radius 2 is 1.81 bits per heavy atom. The Hall–Kier alpha value is -2.44. The van der Waals surface area contributed by atoms with Gasteiger partial charge in [0.05, 0.1) is 29.3 Å². The van der Waals surface area contributed by atoms with Gasteiger partial charge in [0, 0.05) is 6.54 Å². The number of hydrogen-bond acceptors (Lipinski definition) is 4. The summed E-state index contributed by atoms with van der Waals surface area (Å²) in [6, 6.07) is 9.51. The summed E-state index contributed by atoms with van der Waals surface area (Å²) in [5, 5.41) is 5.85. The van der Waals surface area contributed by atoms with Crippen LogP contribution < -0.4 is 20.1 Å². The molecule has 0 saturated heterocycles. The molecule has 0 fully saturated rings. The standard InChI is InChI=1S/C23H28Cl2N2O4/c1-14(2)10-11-31-19-9-8-16(12-20(19)30-4)13-26-22(28)15(3)27-23(29)17-6-5-7-18(24)21(17)25/h5-9,12,14-15H,10-11,13H2,1-4H3,(H,26,28)(H,27,29). The number of nitrogens with one attached hydrogen (secondary N) is 2. The molecule has 2 aromatic rings. The summed E-state index contributed by atoms with van der Waals surface area (Å²) in [7, 11) is 1.57. The molecule has 168 valence electrons. The van der Waals surface area contributed by atoms with Gasteiger partial charge in [0.25, 0.3) is 5.91 Å². The zero-order chi connectivity index (χ0) is 23.0. The number of ether oxygens (including phenoxy) is 2. The van der Waals surface area contributed by atoms with E-state index in [1.165, 1.54) is 0 Å². The van der Waals surface area contributed by atoms with E-state index in [0.717, 1.165) is 12.0 Å². The van der Waals surface area contributed by atoms with Crippen LogP contribution in [0.2, 0.25) is 10.0 Å². The van der Waals surface area contributed by atoms with Crippen LogP contribution in [0.15, 0.2) is 36.4 Å². The number of amides is 2. The topological polar surface area (TPSA) is 76.7 Å². The highest BCUT2D eigenvalue weighted by atomic mass is 35.5.